The largest absolute Gasteiger partial charge is 0.497 e. The van der Waals surface area contributed by atoms with Crippen LogP contribution in [0.5, 0.6) is 5.75 Å². The molecule has 0 radical (unpaired) electrons. The molecule has 0 N–H and O–H groups in total. The zero-order valence-electron chi connectivity index (χ0n) is 18.5. The Bertz CT molecular complexity index is 1160. The average Bonchev–Trinajstić information content (AvgIpc) is 3.48. The van der Waals surface area contributed by atoms with Crippen LogP contribution in [-0.4, -0.2) is 57.1 Å². The Morgan fingerprint density at radius 1 is 1.30 bits per heavy atom. The molecule has 2 aromatic carbocycles. The third-order valence-corrected chi connectivity index (χ3v) is 5.63. The van der Waals surface area contributed by atoms with E-state index in [4.69, 9.17) is 9.47 Å². The summed E-state index contributed by atoms with van der Waals surface area (Å²) in [6, 6.07) is 13.6. The van der Waals surface area contributed by atoms with E-state index in [0.29, 0.717) is 36.8 Å². The maximum Gasteiger partial charge on any atom is 0.276 e. The molecule has 33 heavy (non-hydrogen) atoms. The number of hydrogen-bond acceptors (Lipinski definition) is 7. The summed E-state index contributed by atoms with van der Waals surface area (Å²) in [4.78, 5) is 25.9. The lowest BCUT2D eigenvalue weighted by Crippen LogP contribution is -2.37. The summed E-state index contributed by atoms with van der Waals surface area (Å²) >= 11 is 0. The van der Waals surface area contributed by atoms with E-state index in [9.17, 15) is 14.9 Å². The number of rotatable bonds is 8. The van der Waals surface area contributed by atoms with Gasteiger partial charge in [-0.1, -0.05) is 23.4 Å². The number of hydrogen-bond donors (Lipinski definition) is 0. The van der Waals surface area contributed by atoms with Crippen molar-refractivity contribution in [3.8, 4) is 11.4 Å². The fraction of sp³-hybridized carbons (Fsp3) is 0.348. The van der Waals surface area contributed by atoms with E-state index in [1.54, 1.807) is 31.1 Å². The summed E-state index contributed by atoms with van der Waals surface area (Å²) < 4.78 is 12.5. The van der Waals surface area contributed by atoms with Gasteiger partial charge in [0, 0.05) is 31.8 Å². The summed E-state index contributed by atoms with van der Waals surface area (Å²) in [6.07, 6.45) is 1.82. The highest BCUT2D eigenvalue weighted by molar-refractivity contribution is 5.93. The Kier molecular flexibility index (Phi) is 6.64. The lowest BCUT2D eigenvalue weighted by molar-refractivity contribution is -0.384. The van der Waals surface area contributed by atoms with Gasteiger partial charge in [0.05, 0.1) is 29.5 Å². The molecule has 0 aliphatic carbocycles. The maximum atomic E-state index is 13.5. The van der Waals surface area contributed by atoms with Crippen molar-refractivity contribution in [2.75, 3.05) is 20.3 Å². The molecule has 1 fully saturated rings. The lowest BCUT2D eigenvalue weighted by Gasteiger charge is -2.25. The van der Waals surface area contributed by atoms with E-state index in [2.05, 4.69) is 10.3 Å². The van der Waals surface area contributed by atoms with Gasteiger partial charge in [0.1, 0.15) is 5.75 Å². The van der Waals surface area contributed by atoms with Crippen LogP contribution in [0.3, 0.4) is 0 Å². The van der Waals surface area contributed by atoms with Crippen LogP contribution in [0.1, 0.15) is 34.6 Å². The molecule has 1 aromatic heterocycles. The van der Waals surface area contributed by atoms with Gasteiger partial charge in [0.2, 0.25) is 0 Å². The average molecular weight is 451 g/mol. The van der Waals surface area contributed by atoms with Crippen LogP contribution in [0.25, 0.3) is 5.69 Å². The second-order valence-corrected chi connectivity index (χ2v) is 7.88. The Balaban J connectivity index is 1.63. The van der Waals surface area contributed by atoms with Crippen LogP contribution >= 0.6 is 0 Å². The summed E-state index contributed by atoms with van der Waals surface area (Å²) in [7, 11) is 1.60. The summed E-state index contributed by atoms with van der Waals surface area (Å²) in [6.45, 7) is 3.20. The van der Waals surface area contributed by atoms with E-state index in [0.717, 1.165) is 18.4 Å². The Hall–Kier alpha value is -3.79. The molecule has 0 bridgehead atoms. The fourth-order valence-electron chi connectivity index (χ4n) is 3.90. The molecular weight excluding hydrogens is 426 g/mol. The number of nitro benzene ring substituents is 1. The zero-order chi connectivity index (χ0) is 23.4. The molecule has 172 valence electrons. The number of carbonyl (C=O) groups excluding carboxylic acids is 1. The van der Waals surface area contributed by atoms with Gasteiger partial charge in [0.25, 0.3) is 11.6 Å². The van der Waals surface area contributed by atoms with Crippen molar-refractivity contribution in [2.45, 2.75) is 32.4 Å². The van der Waals surface area contributed by atoms with E-state index in [-0.39, 0.29) is 23.4 Å². The van der Waals surface area contributed by atoms with E-state index >= 15 is 0 Å². The van der Waals surface area contributed by atoms with Crippen molar-refractivity contribution in [3.63, 3.8) is 0 Å². The zero-order valence-corrected chi connectivity index (χ0v) is 18.5. The minimum absolute atomic E-state index is 0.0355. The number of aromatic nitrogens is 3. The van der Waals surface area contributed by atoms with Gasteiger partial charge in [0.15, 0.2) is 5.69 Å². The molecular formula is C23H25N5O5. The van der Waals surface area contributed by atoms with Crippen molar-refractivity contribution < 1.29 is 19.2 Å². The number of amides is 1. The first kappa shape index (κ1) is 22.4. The molecule has 1 atom stereocenters. The van der Waals surface area contributed by atoms with Gasteiger partial charge in [-0.05, 0) is 43.5 Å². The summed E-state index contributed by atoms with van der Waals surface area (Å²) in [5, 5.41) is 19.4. The van der Waals surface area contributed by atoms with Gasteiger partial charge in [-0.3, -0.25) is 14.9 Å². The Labute approximate surface area is 190 Å². The molecule has 1 aliphatic heterocycles. The topological polar surface area (TPSA) is 113 Å². The van der Waals surface area contributed by atoms with Crippen LogP contribution in [0.2, 0.25) is 0 Å². The smallest absolute Gasteiger partial charge is 0.276 e. The SMILES string of the molecule is COc1cccc(CN(CC2CCCO2)C(=O)c2nnn(-c3cccc([N+](=O)[O-])c3)c2C)c1. The minimum atomic E-state index is -0.473. The van der Waals surface area contributed by atoms with E-state index < -0.39 is 4.92 Å². The highest BCUT2D eigenvalue weighted by Gasteiger charge is 2.27. The lowest BCUT2D eigenvalue weighted by atomic mass is 10.1. The first-order valence-corrected chi connectivity index (χ1v) is 10.7. The molecule has 0 spiro atoms. The highest BCUT2D eigenvalue weighted by atomic mass is 16.6. The van der Waals surface area contributed by atoms with Crippen molar-refractivity contribution in [1.29, 1.82) is 0 Å². The third kappa shape index (κ3) is 5.01. The number of nitrogens with zero attached hydrogens (tertiary/aromatic N) is 5. The van der Waals surface area contributed by atoms with Crippen molar-refractivity contribution >= 4 is 11.6 Å². The number of non-ortho nitro benzene ring substituents is 1. The fourth-order valence-corrected chi connectivity index (χ4v) is 3.90. The quantitative estimate of drug-likeness (QED) is 0.381. The summed E-state index contributed by atoms with van der Waals surface area (Å²) in [5.41, 5.74) is 2.02. The van der Waals surface area contributed by atoms with Crippen LogP contribution < -0.4 is 4.74 Å². The molecule has 1 unspecified atom stereocenters. The van der Waals surface area contributed by atoms with Crippen molar-refractivity contribution in [2.24, 2.45) is 0 Å². The number of methoxy groups -OCH3 is 1. The second kappa shape index (κ2) is 9.78. The third-order valence-electron chi connectivity index (χ3n) is 5.63. The molecule has 0 saturated carbocycles. The molecule has 4 rings (SSSR count). The number of ether oxygens (including phenoxy) is 2. The number of carbonyl (C=O) groups is 1. The van der Waals surface area contributed by atoms with Crippen LogP contribution in [0, 0.1) is 17.0 Å². The molecule has 3 aromatic rings. The first-order valence-electron chi connectivity index (χ1n) is 10.7. The first-order chi connectivity index (χ1) is 16.0. The normalized spacial score (nSPS) is 15.4. The summed E-state index contributed by atoms with van der Waals surface area (Å²) in [5.74, 6) is 0.437. The predicted octanol–water partition coefficient (Wildman–Crippen LogP) is 3.31. The van der Waals surface area contributed by atoms with Gasteiger partial charge in [-0.25, -0.2) is 4.68 Å². The van der Waals surface area contributed by atoms with Gasteiger partial charge in [-0.2, -0.15) is 0 Å². The maximum absolute atomic E-state index is 13.5. The van der Waals surface area contributed by atoms with Crippen molar-refractivity contribution in [1.82, 2.24) is 19.9 Å². The van der Waals surface area contributed by atoms with E-state index in [1.807, 2.05) is 24.3 Å². The van der Waals surface area contributed by atoms with Crippen LogP contribution in [0.15, 0.2) is 48.5 Å². The number of benzene rings is 2. The molecule has 10 heteroatoms. The predicted molar refractivity (Wildman–Crippen MR) is 119 cm³/mol. The van der Waals surface area contributed by atoms with Crippen LogP contribution in [-0.2, 0) is 11.3 Å². The minimum Gasteiger partial charge on any atom is -0.497 e. The van der Waals surface area contributed by atoms with Crippen LogP contribution in [0.4, 0.5) is 5.69 Å². The Morgan fingerprint density at radius 2 is 2.12 bits per heavy atom. The van der Waals surface area contributed by atoms with Gasteiger partial charge in [-0.15, -0.1) is 5.10 Å². The van der Waals surface area contributed by atoms with Gasteiger partial charge < -0.3 is 14.4 Å². The Morgan fingerprint density at radius 3 is 2.85 bits per heavy atom. The van der Waals surface area contributed by atoms with Crippen molar-refractivity contribution in [3.05, 3.63) is 75.6 Å². The van der Waals surface area contributed by atoms with Gasteiger partial charge >= 0.3 is 0 Å². The molecule has 1 saturated heterocycles. The van der Waals surface area contributed by atoms with E-state index in [1.165, 1.54) is 16.8 Å². The molecule has 1 aliphatic rings. The molecule has 2 heterocycles. The standard InChI is InChI=1S/C23H25N5O5/c1-16-22(24-25-27(16)18-7-4-8-19(13-18)28(30)31)23(29)26(15-21-10-5-11-33-21)14-17-6-3-9-20(12-17)32-2/h3-4,6-9,12-13,21H,5,10-11,14-15H2,1-2H3. The molecule has 1 amide bonds. The highest BCUT2D eigenvalue weighted by Crippen LogP contribution is 2.22. The molecule has 10 nitrogen and oxygen atoms in total. The second-order valence-electron chi connectivity index (χ2n) is 7.88. The monoisotopic (exact) mass is 451 g/mol. The number of nitro groups is 1.